The van der Waals surface area contributed by atoms with Gasteiger partial charge < -0.3 is 9.88 Å². The molecule has 128 valence electrons. The second-order valence-corrected chi connectivity index (χ2v) is 6.71. The van der Waals surface area contributed by atoms with Crippen molar-refractivity contribution in [2.24, 2.45) is 5.92 Å². The zero-order valence-electron chi connectivity index (χ0n) is 14.6. The van der Waals surface area contributed by atoms with Crippen molar-refractivity contribution in [1.29, 1.82) is 0 Å². The number of anilines is 1. The molecule has 1 aliphatic rings. The molecule has 0 radical (unpaired) electrons. The molecule has 1 N–H and O–H groups in total. The molecule has 1 aliphatic heterocycles. The summed E-state index contributed by atoms with van der Waals surface area (Å²) < 4.78 is 0. The average Bonchev–Trinajstić information content (AvgIpc) is 2.59. The Bertz CT molecular complexity index is 712. The summed E-state index contributed by atoms with van der Waals surface area (Å²) in [6.07, 6.45) is 9.35. The van der Waals surface area contributed by atoms with Crippen LogP contribution in [0.4, 0.5) is 5.82 Å². The minimum atomic E-state index is -0.0313. The van der Waals surface area contributed by atoms with Crippen molar-refractivity contribution in [3.8, 4) is 0 Å². The van der Waals surface area contributed by atoms with Gasteiger partial charge >= 0.3 is 0 Å². The van der Waals surface area contributed by atoms with Gasteiger partial charge in [-0.15, -0.1) is 0 Å². The van der Waals surface area contributed by atoms with E-state index in [-0.39, 0.29) is 5.56 Å². The van der Waals surface area contributed by atoms with Crippen LogP contribution in [0.25, 0.3) is 0 Å². The molecule has 0 amide bonds. The molecule has 3 rings (SSSR count). The van der Waals surface area contributed by atoms with E-state index in [1.54, 1.807) is 6.07 Å². The van der Waals surface area contributed by atoms with E-state index in [1.165, 1.54) is 11.1 Å². The van der Waals surface area contributed by atoms with Gasteiger partial charge in [-0.2, -0.15) is 0 Å². The number of rotatable bonds is 5. The van der Waals surface area contributed by atoms with Gasteiger partial charge in [-0.3, -0.25) is 4.79 Å². The van der Waals surface area contributed by atoms with E-state index >= 15 is 0 Å². The highest BCUT2D eigenvalue weighted by Crippen LogP contribution is 2.27. The van der Waals surface area contributed by atoms with Crippen LogP contribution in [-0.2, 0) is 12.8 Å². The van der Waals surface area contributed by atoms with Crippen molar-refractivity contribution < 1.29 is 0 Å². The zero-order valence-corrected chi connectivity index (χ0v) is 14.6. The number of H-pyrrole nitrogens is 1. The maximum absolute atomic E-state index is 11.2. The second-order valence-electron chi connectivity index (χ2n) is 6.71. The topological polar surface area (TPSA) is 61.9 Å². The summed E-state index contributed by atoms with van der Waals surface area (Å²) >= 11 is 0. The largest absolute Gasteiger partial charge is 0.356 e. The number of nitrogens with one attached hydrogen (secondary N) is 1. The lowest BCUT2D eigenvalue weighted by Gasteiger charge is -2.34. The van der Waals surface area contributed by atoms with Gasteiger partial charge in [0.1, 0.15) is 11.6 Å². The number of nitrogens with zero attached hydrogens (tertiary/aromatic N) is 3. The highest BCUT2D eigenvalue weighted by Gasteiger charge is 2.22. The predicted molar refractivity (Wildman–Crippen MR) is 96.5 cm³/mol. The molecule has 0 atom stereocenters. The number of hydrogen-bond donors (Lipinski definition) is 1. The first kappa shape index (κ1) is 16.7. The molecule has 1 saturated heterocycles. The minimum Gasteiger partial charge on any atom is -0.356 e. The molecule has 0 spiro atoms. The van der Waals surface area contributed by atoms with Crippen molar-refractivity contribution in [2.45, 2.75) is 46.0 Å². The fourth-order valence-electron chi connectivity index (χ4n) is 3.45. The van der Waals surface area contributed by atoms with E-state index in [0.717, 1.165) is 56.8 Å². The maximum atomic E-state index is 11.2. The van der Waals surface area contributed by atoms with Crippen LogP contribution in [0, 0.1) is 12.8 Å². The number of aromatic nitrogens is 3. The van der Waals surface area contributed by atoms with Gasteiger partial charge in [0, 0.05) is 37.1 Å². The highest BCUT2D eigenvalue weighted by atomic mass is 16.1. The van der Waals surface area contributed by atoms with Crippen LogP contribution in [0.5, 0.6) is 0 Å². The third kappa shape index (κ3) is 4.02. The summed E-state index contributed by atoms with van der Waals surface area (Å²) in [5, 5.41) is 0. The Kier molecular flexibility index (Phi) is 5.28. The molecule has 5 heteroatoms. The number of hydrogen-bond acceptors (Lipinski definition) is 4. The summed E-state index contributed by atoms with van der Waals surface area (Å²) in [7, 11) is 0. The predicted octanol–water partition coefficient (Wildman–Crippen LogP) is 2.88. The number of aryl methyl sites for hydroxylation is 2. The summed E-state index contributed by atoms with van der Waals surface area (Å²) in [5.74, 6) is 2.65. The van der Waals surface area contributed by atoms with Gasteiger partial charge in [0.25, 0.3) is 0 Å². The normalized spacial score (nSPS) is 15.7. The number of piperidine rings is 1. The Balaban J connectivity index is 1.63. The van der Waals surface area contributed by atoms with Crippen LogP contribution in [0.2, 0.25) is 0 Å². The number of aromatic amines is 1. The molecule has 2 aromatic rings. The van der Waals surface area contributed by atoms with E-state index in [4.69, 9.17) is 4.98 Å². The van der Waals surface area contributed by atoms with Crippen molar-refractivity contribution in [1.82, 2.24) is 15.0 Å². The molecular formula is C19H26N4O. The lowest BCUT2D eigenvalue weighted by Crippen LogP contribution is -2.35. The third-order valence-electron chi connectivity index (χ3n) is 4.77. The molecule has 24 heavy (non-hydrogen) atoms. The molecule has 0 saturated carbocycles. The molecule has 0 unspecified atom stereocenters. The lowest BCUT2D eigenvalue weighted by atomic mass is 9.90. The second kappa shape index (κ2) is 7.60. The maximum Gasteiger partial charge on any atom is 0.247 e. The summed E-state index contributed by atoms with van der Waals surface area (Å²) in [5.41, 5.74) is 2.45. The molecule has 1 fully saturated rings. The molecular weight excluding hydrogens is 300 g/mol. The minimum absolute atomic E-state index is 0.0313. The Hall–Kier alpha value is -2.17. The summed E-state index contributed by atoms with van der Waals surface area (Å²) in [6, 6.07) is 3.56. The SMILES string of the molecule is CCCc1cnc(C)nc1N1CCC(Cc2ccc(=O)[nH]c2)CC1. The van der Waals surface area contributed by atoms with Crippen molar-refractivity contribution in [3.63, 3.8) is 0 Å². The van der Waals surface area contributed by atoms with Gasteiger partial charge in [0.15, 0.2) is 0 Å². The molecule has 2 aromatic heterocycles. The van der Waals surface area contributed by atoms with Gasteiger partial charge in [-0.1, -0.05) is 19.4 Å². The van der Waals surface area contributed by atoms with Gasteiger partial charge in [0.05, 0.1) is 0 Å². The van der Waals surface area contributed by atoms with Crippen LogP contribution in [0.15, 0.2) is 29.3 Å². The average molecular weight is 326 g/mol. The van der Waals surface area contributed by atoms with Crippen LogP contribution in [-0.4, -0.2) is 28.0 Å². The van der Waals surface area contributed by atoms with E-state index < -0.39 is 0 Å². The van der Waals surface area contributed by atoms with Crippen LogP contribution < -0.4 is 10.5 Å². The van der Waals surface area contributed by atoms with Crippen LogP contribution >= 0.6 is 0 Å². The van der Waals surface area contributed by atoms with Crippen LogP contribution in [0.3, 0.4) is 0 Å². The van der Waals surface area contributed by atoms with Crippen LogP contribution in [0.1, 0.15) is 43.1 Å². The first-order valence-electron chi connectivity index (χ1n) is 8.90. The number of pyridine rings is 1. The standard InChI is InChI=1S/C19H26N4O/c1-3-4-17-13-20-14(2)22-19(17)23-9-7-15(8-10-23)11-16-5-6-18(24)21-12-16/h5-6,12-13,15H,3-4,7-11H2,1-2H3,(H,21,24). The molecule has 5 nitrogen and oxygen atoms in total. The highest BCUT2D eigenvalue weighted by molar-refractivity contribution is 5.46. The summed E-state index contributed by atoms with van der Waals surface area (Å²) in [6.45, 7) is 6.24. The first-order valence-corrected chi connectivity index (χ1v) is 8.90. The van der Waals surface area contributed by atoms with E-state index in [2.05, 4.69) is 21.8 Å². The fraction of sp³-hybridized carbons (Fsp3) is 0.526. The molecule has 0 aliphatic carbocycles. The molecule has 3 heterocycles. The van der Waals surface area contributed by atoms with Gasteiger partial charge in [-0.05, 0) is 44.1 Å². The molecule has 0 aromatic carbocycles. The zero-order chi connectivity index (χ0) is 16.9. The smallest absolute Gasteiger partial charge is 0.247 e. The lowest BCUT2D eigenvalue weighted by molar-refractivity contribution is 0.401. The van der Waals surface area contributed by atoms with E-state index in [1.807, 2.05) is 25.4 Å². The summed E-state index contributed by atoms with van der Waals surface area (Å²) in [4.78, 5) is 25.4. The quantitative estimate of drug-likeness (QED) is 0.918. The Morgan fingerprint density at radius 1 is 1.29 bits per heavy atom. The third-order valence-corrected chi connectivity index (χ3v) is 4.77. The Morgan fingerprint density at radius 2 is 2.08 bits per heavy atom. The van der Waals surface area contributed by atoms with Gasteiger partial charge in [0.2, 0.25) is 5.56 Å². The van der Waals surface area contributed by atoms with Crippen molar-refractivity contribution in [3.05, 3.63) is 51.8 Å². The Morgan fingerprint density at radius 3 is 2.75 bits per heavy atom. The monoisotopic (exact) mass is 326 g/mol. The molecule has 0 bridgehead atoms. The Labute approximate surface area is 143 Å². The first-order chi connectivity index (χ1) is 11.7. The van der Waals surface area contributed by atoms with E-state index in [0.29, 0.717) is 5.92 Å². The van der Waals surface area contributed by atoms with Crippen molar-refractivity contribution in [2.75, 3.05) is 18.0 Å². The fourth-order valence-corrected chi connectivity index (χ4v) is 3.45. The van der Waals surface area contributed by atoms with Crippen molar-refractivity contribution >= 4 is 5.82 Å². The van der Waals surface area contributed by atoms with E-state index in [9.17, 15) is 4.79 Å². The van der Waals surface area contributed by atoms with Gasteiger partial charge in [-0.25, -0.2) is 9.97 Å².